The Bertz CT molecular complexity index is 1310. The van der Waals surface area contributed by atoms with Gasteiger partial charge in [0.15, 0.2) is 5.82 Å². The number of hydrogen-bond acceptors (Lipinski definition) is 5. The molecule has 1 aromatic carbocycles. The number of anilines is 1. The van der Waals surface area contributed by atoms with E-state index in [0.717, 1.165) is 54.6 Å². The molecule has 0 atom stereocenters. The van der Waals surface area contributed by atoms with Crippen LogP contribution in [0.5, 0.6) is 0 Å². The summed E-state index contributed by atoms with van der Waals surface area (Å²) in [6, 6.07) is 7.55. The summed E-state index contributed by atoms with van der Waals surface area (Å²) in [6.07, 6.45) is 2.67. The number of pyridine rings is 1. The fourth-order valence-corrected chi connectivity index (χ4v) is 6.22. The second kappa shape index (κ2) is 8.45. The molecule has 10 heteroatoms. The molecule has 1 aliphatic carbocycles. The first-order chi connectivity index (χ1) is 17.1. The van der Waals surface area contributed by atoms with Gasteiger partial charge in [0.25, 0.3) is 5.92 Å². The summed E-state index contributed by atoms with van der Waals surface area (Å²) in [5.41, 5.74) is 1.94. The van der Waals surface area contributed by atoms with Crippen molar-refractivity contribution in [2.75, 3.05) is 18.0 Å². The molecule has 4 heterocycles. The average Bonchev–Trinajstić information content (AvgIpc) is 3.15. The molecule has 0 bridgehead atoms. The van der Waals surface area contributed by atoms with Crippen molar-refractivity contribution in [3.63, 3.8) is 0 Å². The number of halogens is 4. The molecule has 2 aromatic heterocycles. The lowest BCUT2D eigenvalue weighted by atomic mass is 9.73. The van der Waals surface area contributed by atoms with E-state index in [1.807, 2.05) is 25.1 Å². The van der Waals surface area contributed by atoms with Crippen molar-refractivity contribution >= 4 is 17.4 Å². The van der Waals surface area contributed by atoms with Gasteiger partial charge in [-0.2, -0.15) is 0 Å². The molecule has 2 fully saturated rings. The summed E-state index contributed by atoms with van der Waals surface area (Å²) in [5.74, 6) is -0.297. The normalized spacial score (nSPS) is 21.4. The molecule has 0 radical (unpaired) electrons. The van der Waals surface area contributed by atoms with Crippen LogP contribution in [0.15, 0.2) is 30.5 Å². The van der Waals surface area contributed by atoms with Crippen molar-refractivity contribution in [2.24, 2.45) is 0 Å². The maximum atomic E-state index is 13.9. The van der Waals surface area contributed by atoms with Crippen LogP contribution in [0.3, 0.4) is 0 Å². The Balaban J connectivity index is 1.29. The van der Waals surface area contributed by atoms with Crippen LogP contribution in [0.25, 0.3) is 5.69 Å². The minimum absolute atomic E-state index is 0.160. The number of alkyl halides is 2. The van der Waals surface area contributed by atoms with Crippen LogP contribution in [0, 0.1) is 12.7 Å². The van der Waals surface area contributed by atoms with Gasteiger partial charge in [-0.3, -0.25) is 9.47 Å². The Morgan fingerprint density at radius 3 is 2.50 bits per heavy atom. The van der Waals surface area contributed by atoms with Gasteiger partial charge in [0.1, 0.15) is 17.5 Å². The number of fused-ring (bicyclic) bond motifs is 3. The van der Waals surface area contributed by atoms with E-state index in [2.05, 4.69) is 29.5 Å². The van der Waals surface area contributed by atoms with E-state index in [1.165, 1.54) is 6.20 Å². The number of piperidine rings is 1. The first kappa shape index (κ1) is 23.7. The van der Waals surface area contributed by atoms with Crippen molar-refractivity contribution in [3.8, 4) is 5.69 Å². The summed E-state index contributed by atoms with van der Waals surface area (Å²) in [5, 5.41) is 9.79. The number of nitrogens with zero attached hydrogens (tertiary/aromatic N) is 6. The van der Waals surface area contributed by atoms with Crippen molar-refractivity contribution in [1.82, 2.24) is 24.6 Å². The molecule has 0 spiro atoms. The topological polar surface area (TPSA) is 50.1 Å². The fourth-order valence-electron chi connectivity index (χ4n) is 6.02. The predicted molar refractivity (Wildman–Crippen MR) is 131 cm³/mol. The summed E-state index contributed by atoms with van der Waals surface area (Å²) in [7, 11) is 0. The molecule has 1 saturated carbocycles. The monoisotopic (exact) mass is 516 g/mol. The number of hydrogen-bond donors (Lipinski definition) is 0. The molecule has 190 valence electrons. The molecule has 1 saturated heterocycles. The molecule has 0 amide bonds. The number of aromatic nitrogens is 4. The van der Waals surface area contributed by atoms with E-state index >= 15 is 0 Å². The third-order valence-corrected chi connectivity index (χ3v) is 8.23. The highest BCUT2D eigenvalue weighted by atomic mass is 35.5. The lowest BCUT2D eigenvalue weighted by Crippen LogP contribution is -2.59. The first-order valence-corrected chi connectivity index (χ1v) is 12.7. The molecule has 3 aromatic rings. The number of benzene rings is 1. The maximum Gasteiger partial charge on any atom is 0.251 e. The third-order valence-electron chi connectivity index (χ3n) is 7.99. The van der Waals surface area contributed by atoms with Crippen molar-refractivity contribution < 1.29 is 13.2 Å². The highest BCUT2D eigenvalue weighted by Gasteiger charge is 2.57. The molecular formula is C26H28ClF3N6. The van der Waals surface area contributed by atoms with Crippen LogP contribution >= 0.6 is 11.6 Å². The highest BCUT2D eigenvalue weighted by molar-refractivity contribution is 6.30. The SMILES string of the molecule is Cc1cc(N2CCC(c3nnc4n3-c3ccc(Cl)cc3CN(C3(C)CC(F)(F)C3)C4)CC2)ncc1F. The Morgan fingerprint density at radius 2 is 1.81 bits per heavy atom. The van der Waals surface area contributed by atoms with E-state index in [-0.39, 0.29) is 24.6 Å². The molecule has 36 heavy (non-hydrogen) atoms. The van der Waals surface area contributed by atoms with Gasteiger partial charge < -0.3 is 4.90 Å². The van der Waals surface area contributed by atoms with E-state index < -0.39 is 11.5 Å². The highest BCUT2D eigenvalue weighted by Crippen LogP contribution is 2.50. The molecule has 6 rings (SSSR count). The molecular weight excluding hydrogens is 489 g/mol. The van der Waals surface area contributed by atoms with Gasteiger partial charge in [0, 0.05) is 49.0 Å². The first-order valence-electron chi connectivity index (χ1n) is 12.3. The molecule has 0 unspecified atom stereocenters. The predicted octanol–water partition coefficient (Wildman–Crippen LogP) is 5.65. The second-order valence-electron chi connectivity index (χ2n) is 10.7. The number of aryl methyl sites for hydroxylation is 1. The Morgan fingerprint density at radius 1 is 1.06 bits per heavy atom. The number of rotatable bonds is 3. The van der Waals surface area contributed by atoms with Crippen molar-refractivity contribution in [1.29, 1.82) is 0 Å². The molecule has 6 nitrogen and oxygen atoms in total. The van der Waals surface area contributed by atoms with E-state index in [0.29, 0.717) is 23.7 Å². The summed E-state index contributed by atoms with van der Waals surface area (Å²) >= 11 is 6.36. The minimum Gasteiger partial charge on any atom is -0.357 e. The smallest absolute Gasteiger partial charge is 0.251 e. The molecule has 2 aliphatic heterocycles. The zero-order valence-electron chi connectivity index (χ0n) is 20.3. The van der Waals surface area contributed by atoms with Gasteiger partial charge in [-0.05, 0) is 62.1 Å². The summed E-state index contributed by atoms with van der Waals surface area (Å²) in [6.45, 7) is 6.18. The maximum absolute atomic E-state index is 13.9. The second-order valence-corrected chi connectivity index (χ2v) is 11.1. The summed E-state index contributed by atoms with van der Waals surface area (Å²) < 4.78 is 43.6. The van der Waals surface area contributed by atoms with Gasteiger partial charge in [0.05, 0.1) is 18.4 Å². The van der Waals surface area contributed by atoms with Crippen LogP contribution in [0.2, 0.25) is 5.02 Å². The quantitative estimate of drug-likeness (QED) is 0.450. The van der Waals surface area contributed by atoms with Gasteiger partial charge in [-0.15, -0.1) is 10.2 Å². The van der Waals surface area contributed by atoms with Crippen LogP contribution in [0.1, 0.15) is 61.3 Å². The van der Waals surface area contributed by atoms with Gasteiger partial charge in [-0.25, -0.2) is 18.2 Å². The zero-order valence-corrected chi connectivity index (χ0v) is 21.1. The lowest BCUT2D eigenvalue weighted by Gasteiger charge is -2.51. The van der Waals surface area contributed by atoms with Crippen LogP contribution in [-0.4, -0.2) is 49.2 Å². The molecule has 3 aliphatic rings. The van der Waals surface area contributed by atoms with E-state index in [9.17, 15) is 13.2 Å². The van der Waals surface area contributed by atoms with Gasteiger partial charge in [-0.1, -0.05) is 11.6 Å². The minimum atomic E-state index is -2.62. The van der Waals surface area contributed by atoms with Crippen molar-refractivity contribution in [2.45, 2.75) is 70.0 Å². The zero-order chi connectivity index (χ0) is 25.2. The van der Waals surface area contributed by atoms with Crippen molar-refractivity contribution in [3.05, 3.63) is 64.1 Å². The largest absolute Gasteiger partial charge is 0.357 e. The standard InChI is InChI=1S/C26H28ClF3N6/c1-16-9-22(31-11-20(16)28)34-7-5-17(6-8-34)24-33-32-23-13-35(25(2)14-26(29,30)15-25)12-18-10-19(27)3-4-21(18)36(23)24/h3-4,9-11,17H,5-8,12-15H2,1-2H3. The van der Waals surface area contributed by atoms with Crippen LogP contribution < -0.4 is 4.90 Å². The van der Waals surface area contributed by atoms with Crippen LogP contribution in [-0.2, 0) is 13.1 Å². The Labute approximate surface area is 213 Å². The van der Waals surface area contributed by atoms with E-state index in [1.54, 1.807) is 13.0 Å². The third kappa shape index (κ3) is 4.06. The average molecular weight is 517 g/mol. The van der Waals surface area contributed by atoms with Crippen LogP contribution in [0.4, 0.5) is 19.0 Å². The van der Waals surface area contributed by atoms with Gasteiger partial charge in [0.2, 0.25) is 0 Å². The van der Waals surface area contributed by atoms with E-state index in [4.69, 9.17) is 11.6 Å². The lowest BCUT2D eigenvalue weighted by molar-refractivity contribution is -0.173. The molecule has 0 N–H and O–H groups in total. The Kier molecular flexibility index (Phi) is 5.57. The fraction of sp³-hybridized carbons (Fsp3) is 0.500. The van der Waals surface area contributed by atoms with Gasteiger partial charge >= 0.3 is 0 Å². The Hall–Kier alpha value is -2.65. The summed E-state index contributed by atoms with van der Waals surface area (Å²) in [4.78, 5) is 8.55.